The number of hydrogen-bond acceptors (Lipinski definition) is 8. The van der Waals surface area contributed by atoms with Crippen molar-refractivity contribution < 1.29 is 9.53 Å². The molecule has 1 saturated heterocycles. The van der Waals surface area contributed by atoms with E-state index in [9.17, 15) is 4.79 Å². The highest BCUT2D eigenvalue weighted by Crippen LogP contribution is 2.47. The van der Waals surface area contributed by atoms with Crippen molar-refractivity contribution >= 4 is 23.4 Å². The maximum atomic E-state index is 12.3. The van der Waals surface area contributed by atoms with Gasteiger partial charge in [-0.2, -0.15) is 0 Å². The molecule has 2 aliphatic rings. The fraction of sp³-hybridized carbons (Fsp3) is 0.423. The smallest absolute Gasteiger partial charge is 0.222 e. The lowest BCUT2D eigenvalue weighted by Crippen LogP contribution is -2.38. The Morgan fingerprint density at radius 3 is 2.83 bits per heavy atom. The maximum Gasteiger partial charge on any atom is 0.222 e. The summed E-state index contributed by atoms with van der Waals surface area (Å²) in [5, 5.41) is 6.16. The van der Waals surface area contributed by atoms with Gasteiger partial charge in [-0.15, -0.1) is 0 Å². The molecule has 1 spiro atoms. The number of amides is 1. The number of anilines is 3. The number of nitrogens with zero attached hydrogens (tertiary/aromatic N) is 5. The first kappa shape index (κ1) is 23.0. The summed E-state index contributed by atoms with van der Waals surface area (Å²) in [5.74, 6) is 3.78. The molecule has 2 unspecified atom stereocenters. The molecule has 3 aromatic heterocycles. The van der Waals surface area contributed by atoms with E-state index in [1.165, 1.54) is 0 Å². The van der Waals surface area contributed by atoms with Crippen LogP contribution in [0, 0.1) is 11.3 Å². The number of pyridine rings is 2. The van der Waals surface area contributed by atoms with Crippen molar-refractivity contribution in [1.29, 1.82) is 0 Å². The van der Waals surface area contributed by atoms with E-state index in [-0.39, 0.29) is 17.2 Å². The van der Waals surface area contributed by atoms with E-state index in [4.69, 9.17) is 14.7 Å². The largest absolute Gasteiger partial charge is 0.495 e. The van der Waals surface area contributed by atoms with Gasteiger partial charge in [-0.25, -0.2) is 15.0 Å². The number of aromatic nitrogens is 4. The predicted octanol–water partition coefficient (Wildman–Crippen LogP) is 3.82. The van der Waals surface area contributed by atoms with Crippen LogP contribution in [0.15, 0.2) is 48.9 Å². The number of ether oxygens (including phenoxy) is 1. The van der Waals surface area contributed by atoms with Crippen molar-refractivity contribution in [3.8, 4) is 17.1 Å². The molecule has 182 valence electrons. The summed E-state index contributed by atoms with van der Waals surface area (Å²) in [6.07, 6.45) is 10.4. The number of carbonyl (C=O) groups is 1. The van der Waals surface area contributed by atoms with Crippen molar-refractivity contribution in [2.24, 2.45) is 11.3 Å². The molecule has 0 radical (unpaired) electrons. The van der Waals surface area contributed by atoms with Crippen molar-refractivity contribution in [1.82, 2.24) is 25.3 Å². The average Bonchev–Trinajstić information content (AvgIpc) is 3.32. The van der Waals surface area contributed by atoms with Gasteiger partial charge in [-0.05, 0) is 55.4 Å². The molecule has 2 fully saturated rings. The lowest BCUT2D eigenvalue weighted by Gasteiger charge is -2.37. The van der Waals surface area contributed by atoms with Gasteiger partial charge in [0.25, 0.3) is 0 Å². The summed E-state index contributed by atoms with van der Waals surface area (Å²) >= 11 is 0. The van der Waals surface area contributed by atoms with E-state index in [2.05, 4.69) is 25.5 Å². The van der Waals surface area contributed by atoms with Crippen LogP contribution in [0.3, 0.4) is 0 Å². The molecule has 4 heterocycles. The van der Waals surface area contributed by atoms with E-state index < -0.39 is 0 Å². The summed E-state index contributed by atoms with van der Waals surface area (Å²) in [5.41, 5.74) is 1.01. The molecule has 35 heavy (non-hydrogen) atoms. The van der Waals surface area contributed by atoms with Gasteiger partial charge in [0, 0.05) is 50.1 Å². The van der Waals surface area contributed by atoms with E-state index in [1.54, 1.807) is 32.7 Å². The molecule has 1 saturated carbocycles. The number of rotatable bonds is 6. The second kappa shape index (κ2) is 9.85. The number of methoxy groups -OCH3 is 1. The van der Waals surface area contributed by atoms with Crippen molar-refractivity contribution in [3.05, 3.63) is 48.9 Å². The predicted molar refractivity (Wildman–Crippen MR) is 135 cm³/mol. The highest BCUT2D eigenvalue weighted by molar-refractivity contribution is 5.78. The fourth-order valence-electron chi connectivity index (χ4n) is 5.37. The molecular weight excluding hydrogens is 442 g/mol. The first-order chi connectivity index (χ1) is 17.1. The minimum Gasteiger partial charge on any atom is -0.495 e. The molecule has 0 aromatic carbocycles. The Morgan fingerprint density at radius 1 is 1.17 bits per heavy atom. The SMILES string of the molecule is CNC(=O)C1CCCC2(CCN(c3cc(Nc4ccc(OC)cn4)nc(-c4cccnc4)n3)C2)C1. The van der Waals surface area contributed by atoms with Crippen LogP contribution in [0.4, 0.5) is 17.5 Å². The summed E-state index contributed by atoms with van der Waals surface area (Å²) < 4.78 is 5.21. The van der Waals surface area contributed by atoms with Crippen LogP contribution in [-0.2, 0) is 4.79 Å². The van der Waals surface area contributed by atoms with Crippen LogP contribution in [0.25, 0.3) is 11.4 Å². The molecule has 9 nitrogen and oxygen atoms in total. The van der Waals surface area contributed by atoms with Crippen molar-refractivity contribution in [3.63, 3.8) is 0 Å². The Morgan fingerprint density at radius 2 is 2.09 bits per heavy atom. The third-order valence-electron chi connectivity index (χ3n) is 7.18. The summed E-state index contributed by atoms with van der Waals surface area (Å²) in [4.78, 5) is 33.0. The molecule has 0 bridgehead atoms. The van der Waals surface area contributed by atoms with Crippen LogP contribution in [0.1, 0.15) is 32.1 Å². The van der Waals surface area contributed by atoms with Gasteiger partial charge in [0.05, 0.1) is 13.3 Å². The first-order valence-corrected chi connectivity index (χ1v) is 12.1. The molecule has 3 aromatic rings. The monoisotopic (exact) mass is 473 g/mol. The molecule has 2 N–H and O–H groups in total. The molecule has 2 atom stereocenters. The standard InChI is InChI=1S/C26H31N7O2/c1-27-25(34)18-5-3-9-26(14-18)10-12-33(17-26)23-13-22(30-21-8-7-20(35-2)16-29-21)31-24(32-23)19-6-4-11-28-15-19/h4,6-8,11,13,15-16,18H,3,5,9-10,12,14,17H2,1-2H3,(H,27,34)(H,29,30,31,32). The Kier molecular flexibility index (Phi) is 6.48. The van der Waals surface area contributed by atoms with Gasteiger partial charge < -0.3 is 20.3 Å². The number of hydrogen-bond donors (Lipinski definition) is 2. The van der Waals surface area contributed by atoms with E-state index in [0.29, 0.717) is 23.2 Å². The molecule has 5 rings (SSSR count). The van der Waals surface area contributed by atoms with E-state index in [1.807, 2.05) is 30.3 Å². The van der Waals surface area contributed by atoms with Gasteiger partial charge in [0.1, 0.15) is 23.2 Å². The average molecular weight is 474 g/mol. The normalized spacial score (nSPS) is 21.7. The minimum absolute atomic E-state index is 0.100. The van der Waals surface area contributed by atoms with Gasteiger partial charge >= 0.3 is 0 Å². The molecular formula is C26H31N7O2. The van der Waals surface area contributed by atoms with Gasteiger partial charge in [0.15, 0.2) is 5.82 Å². The topological polar surface area (TPSA) is 105 Å². The van der Waals surface area contributed by atoms with Crippen LogP contribution >= 0.6 is 0 Å². The zero-order chi connectivity index (χ0) is 24.3. The lowest BCUT2D eigenvalue weighted by molar-refractivity contribution is -0.126. The van der Waals surface area contributed by atoms with E-state index >= 15 is 0 Å². The lowest BCUT2D eigenvalue weighted by atomic mass is 9.69. The Balaban J connectivity index is 1.43. The maximum absolute atomic E-state index is 12.3. The third kappa shape index (κ3) is 5.03. The fourth-order valence-corrected chi connectivity index (χ4v) is 5.37. The zero-order valence-electron chi connectivity index (χ0n) is 20.2. The molecule has 9 heteroatoms. The zero-order valence-corrected chi connectivity index (χ0v) is 20.2. The minimum atomic E-state index is 0.100. The summed E-state index contributed by atoms with van der Waals surface area (Å²) in [6, 6.07) is 9.53. The molecule has 1 aliphatic carbocycles. The second-order valence-electron chi connectivity index (χ2n) is 9.46. The Hall–Kier alpha value is -3.75. The third-order valence-corrected chi connectivity index (χ3v) is 7.18. The Bertz CT molecular complexity index is 1170. The Labute approximate surface area is 205 Å². The van der Waals surface area contributed by atoms with Crippen LogP contribution in [0.2, 0.25) is 0 Å². The highest BCUT2D eigenvalue weighted by atomic mass is 16.5. The first-order valence-electron chi connectivity index (χ1n) is 12.1. The number of carbonyl (C=O) groups excluding carboxylic acids is 1. The highest BCUT2D eigenvalue weighted by Gasteiger charge is 2.43. The van der Waals surface area contributed by atoms with Gasteiger partial charge in [-0.3, -0.25) is 9.78 Å². The molecule has 1 aliphatic heterocycles. The van der Waals surface area contributed by atoms with Gasteiger partial charge in [0.2, 0.25) is 5.91 Å². The second-order valence-corrected chi connectivity index (χ2v) is 9.46. The number of nitrogens with one attached hydrogen (secondary N) is 2. The van der Waals surface area contributed by atoms with Crippen LogP contribution in [-0.4, -0.2) is 53.1 Å². The van der Waals surface area contributed by atoms with Gasteiger partial charge in [-0.1, -0.05) is 6.42 Å². The van der Waals surface area contributed by atoms with Crippen molar-refractivity contribution in [2.45, 2.75) is 32.1 Å². The van der Waals surface area contributed by atoms with Crippen LogP contribution < -0.4 is 20.3 Å². The summed E-state index contributed by atoms with van der Waals surface area (Å²) in [6.45, 7) is 1.80. The quantitative estimate of drug-likeness (QED) is 0.557. The molecule has 1 amide bonds. The van der Waals surface area contributed by atoms with Crippen molar-refractivity contribution in [2.75, 3.05) is 37.5 Å². The summed E-state index contributed by atoms with van der Waals surface area (Å²) in [7, 11) is 3.35. The van der Waals surface area contributed by atoms with E-state index in [0.717, 1.165) is 56.6 Å². The van der Waals surface area contributed by atoms with Crippen LogP contribution in [0.5, 0.6) is 5.75 Å².